The van der Waals surface area contributed by atoms with Crippen LogP contribution in [0.25, 0.3) is 0 Å². The van der Waals surface area contributed by atoms with Gasteiger partial charge in [-0.1, -0.05) is 24.6 Å². The summed E-state index contributed by atoms with van der Waals surface area (Å²) in [6, 6.07) is 0. The van der Waals surface area contributed by atoms with Crippen LogP contribution in [-0.2, 0) is 11.8 Å². The van der Waals surface area contributed by atoms with E-state index in [1.54, 1.807) is 7.05 Å². The SMILES string of the molecule is Cn1c(SC2(C(=O)O)CCCC2)n[nH]c1=O. The number of rotatable bonds is 3. The number of nitrogens with zero attached hydrogens (tertiary/aromatic N) is 2. The summed E-state index contributed by atoms with van der Waals surface area (Å²) in [5.74, 6) is -0.814. The fourth-order valence-electron chi connectivity index (χ4n) is 1.90. The lowest BCUT2D eigenvalue weighted by Gasteiger charge is -2.21. The standard InChI is InChI=1S/C9H13N3O3S/c1-12-7(15)10-11-8(12)16-9(6(13)14)4-2-3-5-9/h2-5H2,1H3,(H,10,15)(H,13,14). The predicted molar refractivity (Wildman–Crippen MR) is 58.5 cm³/mol. The van der Waals surface area contributed by atoms with E-state index in [0.717, 1.165) is 12.8 Å². The van der Waals surface area contributed by atoms with Crippen LogP contribution in [0.3, 0.4) is 0 Å². The summed E-state index contributed by atoms with van der Waals surface area (Å²) in [5.41, 5.74) is -0.318. The highest BCUT2D eigenvalue weighted by molar-refractivity contribution is 8.01. The van der Waals surface area contributed by atoms with E-state index < -0.39 is 10.7 Å². The maximum Gasteiger partial charge on any atom is 0.343 e. The number of hydrogen-bond acceptors (Lipinski definition) is 4. The van der Waals surface area contributed by atoms with Crippen molar-refractivity contribution in [2.75, 3.05) is 0 Å². The van der Waals surface area contributed by atoms with Gasteiger partial charge >= 0.3 is 11.7 Å². The zero-order chi connectivity index (χ0) is 11.8. The Morgan fingerprint density at radius 1 is 1.56 bits per heavy atom. The fraction of sp³-hybridized carbons (Fsp3) is 0.667. The molecule has 0 spiro atoms. The number of hydrogen-bond donors (Lipinski definition) is 2. The lowest BCUT2D eigenvalue weighted by molar-refractivity contribution is -0.139. The molecule has 0 radical (unpaired) electrons. The van der Waals surface area contributed by atoms with E-state index in [1.807, 2.05) is 0 Å². The molecule has 0 amide bonds. The highest BCUT2D eigenvalue weighted by Gasteiger charge is 2.43. The predicted octanol–water partition coefficient (Wildman–Crippen LogP) is 0.598. The van der Waals surface area contributed by atoms with E-state index >= 15 is 0 Å². The first kappa shape index (κ1) is 11.3. The zero-order valence-corrected chi connectivity index (χ0v) is 9.71. The third kappa shape index (κ3) is 1.75. The minimum atomic E-state index is -0.814. The Bertz CT molecular complexity index is 459. The van der Waals surface area contributed by atoms with Crippen LogP contribution < -0.4 is 5.69 Å². The van der Waals surface area contributed by atoms with Crippen molar-refractivity contribution in [3.8, 4) is 0 Å². The second-order valence-electron chi connectivity index (χ2n) is 3.98. The largest absolute Gasteiger partial charge is 0.480 e. The summed E-state index contributed by atoms with van der Waals surface area (Å²) in [6.07, 6.45) is 3.09. The summed E-state index contributed by atoms with van der Waals surface area (Å²) in [5, 5.41) is 15.9. The van der Waals surface area contributed by atoms with E-state index in [4.69, 9.17) is 0 Å². The maximum atomic E-state index is 11.3. The van der Waals surface area contributed by atoms with Gasteiger partial charge in [0.25, 0.3) is 0 Å². The van der Waals surface area contributed by atoms with Gasteiger partial charge in [0.05, 0.1) is 0 Å². The van der Waals surface area contributed by atoms with Crippen LogP contribution in [0, 0.1) is 0 Å². The average molecular weight is 243 g/mol. The molecule has 7 heteroatoms. The molecule has 0 unspecified atom stereocenters. The van der Waals surface area contributed by atoms with Gasteiger partial charge in [-0.25, -0.2) is 9.89 Å². The van der Waals surface area contributed by atoms with Gasteiger partial charge in [-0.2, -0.15) is 0 Å². The van der Waals surface area contributed by atoms with Crippen molar-refractivity contribution in [2.24, 2.45) is 7.05 Å². The highest BCUT2D eigenvalue weighted by atomic mass is 32.2. The van der Waals surface area contributed by atoms with Crippen molar-refractivity contribution in [1.82, 2.24) is 14.8 Å². The molecule has 0 aliphatic heterocycles. The molecule has 0 saturated heterocycles. The molecule has 6 nitrogen and oxygen atoms in total. The minimum absolute atomic E-state index is 0.318. The third-order valence-corrected chi connectivity index (χ3v) is 4.45. The number of H-pyrrole nitrogens is 1. The van der Waals surface area contributed by atoms with Crippen LogP contribution in [0.2, 0.25) is 0 Å². The molecule has 88 valence electrons. The topological polar surface area (TPSA) is 88.0 Å². The Morgan fingerprint density at radius 2 is 2.19 bits per heavy atom. The van der Waals surface area contributed by atoms with Gasteiger partial charge in [0, 0.05) is 7.05 Å². The number of carboxylic acids is 1. The number of aromatic amines is 1. The quantitative estimate of drug-likeness (QED) is 0.811. The maximum absolute atomic E-state index is 11.3. The average Bonchev–Trinajstić information content (AvgIpc) is 2.82. The van der Waals surface area contributed by atoms with Crippen molar-refractivity contribution in [3.63, 3.8) is 0 Å². The highest BCUT2D eigenvalue weighted by Crippen LogP contribution is 2.44. The Hall–Kier alpha value is -1.24. The lowest BCUT2D eigenvalue weighted by atomic mass is 10.1. The molecule has 0 atom stereocenters. The number of aromatic nitrogens is 3. The zero-order valence-electron chi connectivity index (χ0n) is 8.89. The van der Waals surface area contributed by atoms with Crippen molar-refractivity contribution in [2.45, 2.75) is 35.6 Å². The van der Waals surface area contributed by atoms with E-state index in [1.165, 1.54) is 16.3 Å². The lowest BCUT2D eigenvalue weighted by Crippen LogP contribution is -2.32. The van der Waals surface area contributed by atoms with Crippen LogP contribution in [0.5, 0.6) is 0 Å². The molecule has 2 rings (SSSR count). The van der Waals surface area contributed by atoms with E-state index in [2.05, 4.69) is 10.2 Å². The molecular weight excluding hydrogens is 230 g/mol. The molecule has 1 saturated carbocycles. The van der Waals surface area contributed by atoms with Crippen LogP contribution in [0.4, 0.5) is 0 Å². The first-order valence-electron chi connectivity index (χ1n) is 5.09. The van der Waals surface area contributed by atoms with Crippen molar-refractivity contribution < 1.29 is 9.90 Å². The number of thioether (sulfide) groups is 1. The van der Waals surface area contributed by atoms with Gasteiger partial charge in [-0.15, -0.1) is 5.10 Å². The second-order valence-corrected chi connectivity index (χ2v) is 5.33. The fourth-order valence-corrected chi connectivity index (χ4v) is 3.14. The Morgan fingerprint density at radius 3 is 2.62 bits per heavy atom. The van der Waals surface area contributed by atoms with Crippen LogP contribution in [0.1, 0.15) is 25.7 Å². The van der Waals surface area contributed by atoms with Crippen LogP contribution in [-0.4, -0.2) is 30.6 Å². The first-order chi connectivity index (χ1) is 7.55. The number of aliphatic carboxylic acids is 1. The van der Waals surface area contributed by atoms with Crippen LogP contribution >= 0.6 is 11.8 Å². The summed E-state index contributed by atoms with van der Waals surface area (Å²) >= 11 is 1.18. The molecule has 1 aromatic heterocycles. The van der Waals surface area contributed by atoms with E-state index in [0.29, 0.717) is 18.0 Å². The molecule has 1 aromatic rings. The molecule has 0 bridgehead atoms. The number of nitrogens with one attached hydrogen (secondary N) is 1. The molecular formula is C9H13N3O3S. The molecule has 1 heterocycles. The second kappa shape index (κ2) is 3.97. The van der Waals surface area contributed by atoms with E-state index in [-0.39, 0.29) is 5.69 Å². The molecule has 1 fully saturated rings. The summed E-state index contributed by atoms with van der Waals surface area (Å²) in [7, 11) is 1.58. The van der Waals surface area contributed by atoms with Crippen molar-refractivity contribution in [3.05, 3.63) is 10.5 Å². The minimum Gasteiger partial charge on any atom is -0.480 e. The Labute approximate surface area is 96.0 Å². The van der Waals surface area contributed by atoms with Gasteiger partial charge in [0.15, 0.2) is 5.16 Å². The Balaban J connectivity index is 2.28. The Kier molecular flexibility index (Phi) is 2.79. The summed E-state index contributed by atoms with van der Waals surface area (Å²) < 4.78 is 0.535. The van der Waals surface area contributed by atoms with Gasteiger partial charge in [0.1, 0.15) is 4.75 Å². The smallest absolute Gasteiger partial charge is 0.343 e. The van der Waals surface area contributed by atoms with Gasteiger partial charge in [0.2, 0.25) is 0 Å². The normalized spacial score (nSPS) is 18.8. The third-order valence-electron chi connectivity index (χ3n) is 2.93. The van der Waals surface area contributed by atoms with Crippen LogP contribution in [0.15, 0.2) is 9.95 Å². The number of carbonyl (C=O) groups is 1. The van der Waals surface area contributed by atoms with Crippen molar-refractivity contribution in [1.29, 1.82) is 0 Å². The van der Waals surface area contributed by atoms with Gasteiger partial charge < -0.3 is 5.11 Å². The first-order valence-corrected chi connectivity index (χ1v) is 5.91. The summed E-state index contributed by atoms with van der Waals surface area (Å²) in [6.45, 7) is 0. The molecule has 2 N–H and O–H groups in total. The number of carboxylic acid groups (broad SMARTS) is 1. The van der Waals surface area contributed by atoms with Gasteiger partial charge in [-0.3, -0.25) is 9.36 Å². The molecule has 1 aliphatic rings. The molecule has 0 aromatic carbocycles. The molecule has 1 aliphatic carbocycles. The van der Waals surface area contributed by atoms with E-state index in [9.17, 15) is 14.7 Å². The van der Waals surface area contributed by atoms with Crippen molar-refractivity contribution >= 4 is 17.7 Å². The summed E-state index contributed by atoms with van der Waals surface area (Å²) in [4.78, 5) is 22.5. The van der Waals surface area contributed by atoms with Gasteiger partial charge in [-0.05, 0) is 12.8 Å². The monoisotopic (exact) mass is 243 g/mol. The molecule has 16 heavy (non-hydrogen) atoms.